The summed E-state index contributed by atoms with van der Waals surface area (Å²) >= 11 is 0. The van der Waals surface area contributed by atoms with Crippen LogP contribution < -0.4 is 14.9 Å². The molecule has 0 fully saturated rings. The van der Waals surface area contributed by atoms with E-state index in [0.29, 0.717) is 17.9 Å². The van der Waals surface area contributed by atoms with E-state index in [1.54, 1.807) is 32.6 Å². The molecule has 5 nitrogen and oxygen atoms in total. The number of ether oxygens (including phenoxy) is 2. The number of hydrazone groups is 1. The van der Waals surface area contributed by atoms with Crippen LogP contribution in [-0.2, 0) is 4.79 Å². The lowest BCUT2D eigenvalue weighted by molar-refractivity contribution is -0.121. The second-order valence-electron chi connectivity index (χ2n) is 5.07. The van der Waals surface area contributed by atoms with E-state index in [-0.39, 0.29) is 5.91 Å². The van der Waals surface area contributed by atoms with Gasteiger partial charge in [-0.2, -0.15) is 5.10 Å². The average molecular weight is 306 g/mol. The number of carbonyl (C=O) groups is 1. The highest BCUT2D eigenvalue weighted by molar-refractivity contribution is 5.85. The van der Waals surface area contributed by atoms with Crippen LogP contribution in [0.4, 0.5) is 0 Å². The van der Waals surface area contributed by atoms with E-state index in [0.717, 1.165) is 18.4 Å². The fourth-order valence-electron chi connectivity index (χ4n) is 2.06. The molecule has 22 heavy (non-hydrogen) atoms. The molecule has 1 amide bonds. The molecule has 122 valence electrons. The minimum absolute atomic E-state index is 0.0605. The molecule has 5 heteroatoms. The summed E-state index contributed by atoms with van der Waals surface area (Å²) in [6.07, 6.45) is 7.70. The molecule has 0 aliphatic rings. The van der Waals surface area contributed by atoms with Gasteiger partial charge in [0, 0.05) is 12.0 Å². The first kappa shape index (κ1) is 18.0. The number of carbonyl (C=O) groups excluding carboxylic acids is 1. The minimum atomic E-state index is -0.0605. The van der Waals surface area contributed by atoms with Crippen LogP contribution in [0.15, 0.2) is 23.3 Å². The van der Waals surface area contributed by atoms with Gasteiger partial charge < -0.3 is 9.47 Å². The maximum atomic E-state index is 11.7. The molecule has 0 aromatic heterocycles. The van der Waals surface area contributed by atoms with Crippen molar-refractivity contribution in [2.45, 2.75) is 45.4 Å². The highest BCUT2D eigenvalue weighted by atomic mass is 16.5. The molecule has 1 aromatic rings. The van der Waals surface area contributed by atoms with E-state index in [4.69, 9.17) is 9.47 Å². The van der Waals surface area contributed by atoms with E-state index < -0.39 is 0 Å². The Labute approximate surface area is 132 Å². The molecular weight excluding hydrogens is 280 g/mol. The summed E-state index contributed by atoms with van der Waals surface area (Å²) in [4.78, 5) is 11.7. The summed E-state index contributed by atoms with van der Waals surface area (Å²) < 4.78 is 10.4. The van der Waals surface area contributed by atoms with Gasteiger partial charge in [-0.25, -0.2) is 5.43 Å². The number of nitrogens with zero attached hydrogens (tertiary/aromatic N) is 1. The van der Waals surface area contributed by atoms with E-state index in [1.165, 1.54) is 19.3 Å². The van der Waals surface area contributed by atoms with Gasteiger partial charge in [-0.3, -0.25) is 4.79 Å². The molecule has 1 N–H and O–H groups in total. The Kier molecular flexibility index (Phi) is 8.72. The number of hydrogen-bond acceptors (Lipinski definition) is 4. The van der Waals surface area contributed by atoms with E-state index in [9.17, 15) is 4.79 Å². The van der Waals surface area contributed by atoms with Gasteiger partial charge in [0.2, 0.25) is 5.91 Å². The molecule has 0 aliphatic carbocycles. The van der Waals surface area contributed by atoms with Crippen LogP contribution in [0.2, 0.25) is 0 Å². The highest BCUT2D eigenvalue weighted by Gasteiger charge is 2.03. The maximum Gasteiger partial charge on any atom is 0.240 e. The predicted octanol–water partition coefficient (Wildman–Crippen LogP) is 3.51. The molecule has 0 spiro atoms. The monoisotopic (exact) mass is 306 g/mol. The number of hydrogen-bond donors (Lipinski definition) is 1. The van der Waals surface area contributed by atoms with Crippen LogP contribution >= 0.6 is 0 Å². The van der Waals surface area contributed by atoms with Crippen molar-refractivity contribution in [1.29, 1.82) is 0 Å². The molecule has 1 aromatic carbocycles. The van der Waals surface area contributed by atoms with Gasteiger partial charge >= 0.3 is 0 Å². The fraction of sp³-hybridized carbons (Fsp3) is 0.529. The van der Waals surface area contributed by atoms with Crippen LogP contribution in [0.5, 0.6) is 11.5 Å². The van der Waals surface area contributed by atoms with Crippen molar-refractivity contribution in [2.75, 3.05) is 14.2 Å². The third-order valence-electron chi connectivity index (χ3n) is 3.34. The van der Waals surface area contributed by atoms with Gasteiger partial charge in [-0.05, 0) is 24.6 Å². The fourth-order valence-corrected chi connectivity index (χ4v) is 2.06. The molecule has 0 bridgehead atoms. The summed E-state index contributed by atoms with van der Waals surface area (Å²) in [6, 6.07) is 5.42. The van der Waals surface area contributed by atoms with Crippen LogP contribution in [-0.4, -0.2) is 26.3 Å². The van der Waals surface area contributed by atoms with Crippen LogP contribution in [0.3, 0.4) is 0 Å². The average Bonchev–Trinajstić information content (AvgIpc) is 2.54. The Balaban J connectivity index is 2.43. The molecular formula is C17H26N2O3. The minimum Gasteiger partial charge on any atom is -0.497 e. The number of nitrogens with one attached hydrogen (secondary N) is 1. The molecule has 0 unspecified atom stereocenters. The first-order chi connectivity index (χ1) is 10.7. The SMILES string of the molecule is CCCCCCCC(=O)NN=Cc1cc(OC)ccc1OC. The molecule has 0 radical (unpaired) electrons. The summed E-state index contributed by atoms with van der Waals surface area (Å²) in [7, 11) is 3.19. The van der Waals surface area contributed by atoms with Crippen LogP contribution in [0, 0.1) is 0 Å². The number of unbranched alkanes of at least 4 members (excludes halogenated alkanes) is 4. The van der Waals surface area contributed by atoms with Crippen molar-refractivity contribution in [2.24, 2.45) is 5.10 Å². The smallest absolute Gasteiger partial charge is 0.240 e. The third-order valence-corrected chi connectivity index (χ3v) is 3.34. The number of benzene rings is 1. The Morgan fingerprint density at radius 3 is 2.64 bits per heavy atom. The molecule has 0 saturated heterocycles. The number of amides is 1. The van der Waals surface area contributed by atoms with Gasteiger partial charge in [-0.1, -0.05) is 32.6 Å². The summed E-state index contributed by atoms with van der Waals surface area (Å²) in [5.74, 6) is 1.33. The van der Waals surface area contributed by atoms with Gasteiger partial charge in [0.1, 0.15) is 11.5 Å². The van der Waals surface area contributed by atoms with Gasteiger partial charge in [0.15, 0.2) is 0 Å². The van der Waals surface area contributed by atoms with Crippen LogP contribution in [0.25, 0.3) is 0 Å². The van der Waals surface area contributed by atoms with Gasteiger partial charge in [0.05, 0.1) is 20.4 Å². The zero-order valence-electron chi connectivity index (χ0n) is 13.7. The summed E-state index contributed by atoms with van der Waals surface area (Å²) in [5, 5.41) is 3.98. The maximum absolute atomic E-state index is 11.7. The molecule has 0 saturated carbocycles. The molecule has 0 atom stereocenters. The Bertz CT molecular complexity index is 487. The lowest BCUT2D eigenvalue weighted by Crippen LogP contribution is -2.17. The first-order valence-corrected chi connectivity index (χ1v) is 7.75. The third kappa shape index (κ3) is 6.61. The van der Waals surface area contributed by atoms with Crippen molar-refractivity contribution in [3.05, 3.63) is 23.8 Å². The van der Waals surface area contributed by atoms with Gasteiger partial charge in [-0.15, -0.1) is 0 Å². The second-order valence-corrected chi connectivity index (χ2v) is 5.07. The standard InChI is InChI=1S/C17H26N2O3/c1-4-5-6-7-8-9-17(20)19-18-13-14-12-15(21-2)10-11-16(14)22-3/h10-13H,4-9H2,1-3H3,(H,19,20). The first-order valence-electron chi connectivity index (χ1n) is 7.75. The second kappa shape index (κ2) is 10.7. The molecule has 1 rings (SSSR count). The van der Waals surface area contributed by atoms with Crippen molar-refractivity contribution >= 4 is 12.1 Å². The number of methoxy groups -OCH3 is 2. The van der Waals surface area contributed by atoms with Gasteiger partial charge in [0.25, 0.3) is 0 Å². The molecule has 0 heterocycles. The normalized spacial score (nSPS) is 10.7. The van der Waals surface area contributed by atoms with Crippen molar-refractivity contribution in [3.8, 4) is 11.5 Å². The Hall–Kier alpha value is -2.04. The lowest BCUT2D eigenvalue weighted by Gasteiger charge is -2.06. The number of rotatable bonds is 10. The van der Waals surface area contributed by atoms with E-state index in [2.05, 4.69) is 17.5 Å². The summed E-state index contributed by atoms with van der Waals surface area (Å²) in [6.45, 7) is 2.17. The topological polar surface area (TPSA) is 59.9 Å². The van der Waals surface area contributed by atoms with E-state index in [1.807, 2.05) is 6.07 Å². The quantitative estimate of drug-likeness (QED) is 0.409. The van der Waals surface area contributed by atoms with Crippen molar-refractivity contribution < 1.29 is 14.3 Å². The Morgan fingerprint density at radius 1 is 1.18 bits per heavy atom. The lowest BCUT2D eigenvalue weighted by atomic mass is 10.1. The zero-order valence-corrected chi connectivity index (χ0v) is 13.7. The summed E-state index contributed by atoms with van der Waals surface area (Å²) in [5.41, 5.74) is 3.30. The Morgan fingerprint density at radius 2 is 1.95 bits per heavy atom. The highest BCUT2D eigenvalue weighted by Crippen LogP contribution is 2.22. The molecule has 0 aliphatic heterocycles. The zero-order chi connectivity index (χ0) is 16.2. The predicted molar refractivity (Wildman–Crippen MR) is 88.7 cm³/mol. The van der Waals surface area contributed by atoms with Crippen molar-refractivity contribution in [1.82, 2.24) is 5.43 Å². The van der Waals surface area contributed by atoms with Crippen molar-refractivity contribution in [3.63, 3.8) is 0 Å². The largest absolute Gasteiger partial charge is 0.497 e. The van der Waals surface area contributed by atoms with Crippen LogP contribution in [0.1, 0.15) is 51.0 Å². The van der Waals surface area contributed by atoms with E-state index >= 15 is 0 Å².